The van der Waals surface area contributed by atoms with E-state index in [0.29, 0.717) is 0 Å². The molecule has 0 fully saturated rings. The molecule has 0 aromatic rings. The minimum Gasteiger partial charge on any atom is -0.146 e. The summed E-state index contributed by atoms with van der Waals surface area (Å²) in [4.78, 5) is 0. The standard InChI is InChI=1S/C4H7B3/c1-2-6-3-4-7-5/h3-4H,2H2,1H3/b4-3+. The van der Waals surface area contributed by atoms with Crippen LogP contribution in [0.4, 0.5) is 0 Å². The van der Waals surface area contributed by atoms with Gasteiger partial charge in [-0.25, -0.2) is 0 Å². The molecule has 0 spiro atoms. The molecule has 0 amide bonds. The van der Waals surface area contributed by atoms with Crippen molar-refractivity contribution in [1.29, 1.82) is 0 Å². The van der Waals surface area contributed by atoms with Crippen molar-refractivity contribution in [1.82, 2.24) is 0 Å². The van der Waals surface area contributed by atoms with E-state index in [2.05, 4.69) is 6.92 Å². The third-order valence-electron chi connectivity index (χ3n) is 0.594. The lowest BCUT2D eigenvalue weighted by molar-refractivity contribution is 1.46. The van der Waals surface area contributed by atoms with Crippen molar-refractivity contribution in [2.45, 2.75) is 13.2 Å². The molecule has 0 saturated heterocycles. The molecule has 0 aliphatic rings. The van der Waals surface area contributed by atoms with E-state index < -0.39 is 0 Å². The monoisotopic (exact) mass is 88.1 g/mol. The van der Waals surface area contributed by atoms with Gasteiger partial charge in [0.15, 0.2) is 0 Å². The highest BCUT2D eigenvalue weighted by molar-refractivity contribution is 6.92. The maximum atomic E-state index is 5.04. The van der Waals surface area contributed by atoms with Crippen LogP contribution in [0.3, 0.4) is 0 Å². The first kappa shape index (κ1) is 6.93. The molecular formula is C4H7B3. The molecule has 0 unspecified atom stereocenters. The van der Waals surface area contributed by atoms with Crippen molar-refractivity contribution in [3.63, 3.8) is 0 Å². The number of rotatable bonds is 3. The van der Waals surface area contributed by atoms with Crippen molar-refractivity contribution in [2.24, 2.45) is 0 Å². The third-order valence-corrected chi connectivity index (χ3v) is 0.594. The average molecular weight is 87.5 g/mol. The van der Waals surface area contributed by atoms with Crippen molar-refractivity contribution < 1.29 is 0 Å². The van der Waals surface area contributed by atoms with Gasteiger partial charge in [-0.3, -0.25) is 0 Å². The van der Waals surface area contributed by atoms with Crippen LogP contribution in [-0.4, -0.2) is 22.2 Å². The Morgan fingerprint density at radius 2 is 2.29 bits per heavy atom. The molecular weight excluding hydrogens is 80.5 g/mol. The summed E-state index contributed by atoms with van der Waals surface area (Å²) in [5.74, 6) is 3.74. The lowest BCUT2D eigenvalue weighted by Crippen LogP contribution is -1.83. The second kappa shape index (κ2) is 5.93. The normalized spacial score (nSPS) is 9.29. The molecule has 0 N–H and O–H groups in total. The third kappa shape index (κ3) is 5.93. The lowest BCUT2D eigenvalue weighted by atomic mass is 9.54. The van der Waals surface area contributed by atoms with Crippen LogP contribution in [0.2, 0.25) is 6.32 Å². The van der Waals surface area contributed by atoms with Gasteiger partial charge in [0.1, 0.15) is 7.28 Å². The van der Waals surface area contributed by atoms with Crippen molar-refractivity contribution in [3.05, 3.63) is 12.0 Å². The zero-order valence-corrected chi connectivity index (χ0v) is 4.59. The number of hydrogen-bond donors (Lipinski definition) is 0. The maximum Gasteiger partial charge on any atom is 0.139 e. The summed E-state index contributed by atoms with van der Waals surface area (Å²) >= 11 is 0. The van der Waals surface area contributed by atoms with Gasteiger partial charge in [0.2, 0.25) is 0 Å². The number of hydrogen-bond acceptors (Lipinski definition) is 0. The van der Waals surface area contributed by atoms with Gasteiger partial charge in [0, 0.05) is 7.74 Å². The fourth-order valence-electron chi connectivity index (χ4n) is 0.279. The largest absolute Gasteiger partial charge is 0.146 e. The molecule has 0 heterocycles. The predicted molar refractivity (Wildman–Crippen MR) is 36.9 cm³/mol. The van der Waals surface area contributed by atoms with E-state index in [4.69, 9.17) is 7.74 Å². The Bertz CT molecular complexity index is 50.9. The minimum absolute atomic E-state index is 1.07. The SMILES string of the molecule is [B][B]/C=C/[B]CC. The van der Waals surface area contributed by atoms with Crippen LogP contribution in [0.1, 0.15) is 6.92 Å². The van der Waals surface area contributed by atoms with E-state index in [1.165, 1.54) is 7.17 Å². The van der Waals surface area contributed by atoms with E-state index in [1.54, 1.807) is 0 Å². The zero-order chi connectivity index (χ0) is 5.54. The van der Waals surface area contributed by atoms with Crippen LogP contribution in [0.5, 0.6) is 0 Å². The fourth-order valence-corrected chi connectivity index (χ4v) is 0.279. The minimum atomic E-state index is 1.07. The van der Waals surface area contributed by atoms with Crippen LogP contribution in [0, 0.1) is 0 Å². The van der Waals surface area contributed by atoms with E-state index in [0.717, 1.165) is 6.32 Å². The van der Waals surface area contributed by atoms with Gasteiger partial charge in [-0.2, -0.15) is 0 Å². The van der Waals surface area contributed by atoms with Crippen LogP contribution in [0.25, 0.3) is 0 Å². The van der Waals surface area contributed by atoms with Gasteiger partial charge in [-0.05, 0) is 0 Å². The molecule has 3 heteroatoms. The molecule has 0 rings (SSSR count). The molecule has 0 aliphatic carbocycles. The molecule has 0 aromatic carbocycles. The quantitative estimate of drug-likeness (QED) is 0.437. The summed E-state index contributed by atoms with van der Waals surface area (Å²) in [5.41, 5.74) is 0. The van der Waals surface area contributed by atoms with E-state index in [-0.39, 0.29) is 0 Å². The Morgan fingerprint density at radius 3 is 2.71 bits per heavy atom. The first-order chi connectivity index (χ1) is 3.41. The Labute approximate surface area is 48.3 Å². The molecule has 32 valence electrons. The first-order valence-corrected chi connectivity index (χ1v) is 2.45. The highest BCUT2D eigenvalue weighted by atomic mass is 13.4. The molecule has 0 aliphatic heterocycles. The molecule has 0 nitrogen and oxygen atoms in total. The van der Waals surface area contributed by atoms with Gasteiger partial charge >= 0.3 is 0 Å². The summed E-state index contributed by atoms with van der Waals surface area (Å²) < 4.78 is 0. The van der Waals surface area contributed by atoms with E-state index in [9.17, 15) is 0 Å². The molecule has 0 bridgehead atoms. The van der Waals surface area contributed by atoms with Crippen LogP contribution in [0.15, 0.2) is 12.0 Å². The smallest absolute Gasteiger partial charge is 0.139 e. The second-order valence-electron chi connectivity index (χ2n) is 1.22. The first-order valence-electron chi connectivity index (χ1n) is 2.45. The van der Waals surface area contributed by atoms with E-state index in [1.807, 2.05) is 19.2 Å². The highest BCUT2D eigenvalue weighted by Crippen LogP contribution is 1.73. The summed E-state index contributed by atoms with van der Waals surface area (Å²) in [6.45, 7) is 2.08. The second-order valence-corrected chi connectivity index (χ2v) is 1.22. The van der Waals surface area contributed by atoms with Crippen LogP contribution >= 0.6 is 0 Å². The van der Waals surface area contributed by atoms with Gasteiger partial charge in [0.25, 0.3) is 0 Å². The summed E-state index contributed by atoms with van der Waals surface area (Å²) in [6.07, 6.45) is 1.07. The van der Waals surface area contributed by atoms with Crippen LogP contribution in [-0.2, 0) is 0 Å². The Kier molecular flexibility index (Phi) is 5.88. The zero-order valence-electron chi connectivity index (χ0n) is 4.59. The highest BCUT2D eigenvalue weighted by Gasteiger charge is 1.72. The van der Waals surface area contributed by atoms with E-state index >= 15 is 0 Å². The van der Waals surface area contributed by atoms with Crippen LogP contribution < -0.4 is 0 Å². The molecule has 7 heavy (non-hydrogen) atoms. The predicted octanol–water partition coefficient (Wildman–Crippen LogP) is 0.388. The molecule has 0 saturated carbocycles. The lowest BCUT2D eigenvalue weighted by Gasteiger charge is -1.76. The van der Waals surface area contributed by atoms with Crippen molar-refractivity contribution >= 4 is 22.2 Å². The van der Waals surface area contributed by atoms with Gasteiger partial charge in [0.05, 0.1) is 7.17 Å². The van der Waals surface area contributed by atoms with Crippen molar-refractivity contribution in [3.8, 4) is 0 Å². The topological polar surface area (TPSA) is 0 Å². The molecule has 0 atom stereocenters. The van der Waals surface area contributed by atoms with Gasteiger partial charge < -0.3 is 0 Å². The average Bonchev–Trinajstić information content (AvgIpc) is 1.69. The Morgan fingerprint density at radius 1 is 1.57 bits per heavy atom. The maximum absolute atomic E-state index is 5.04. The fraction of sp³-hybridized carbons (Fsp3) is 0.500. The Balaban J connectivity index is 2.78. The Hall–Kier alpha value is -0.0652. The summed E-state index contributed by atoms with van der Waals surface area (Å²) in [6, 6.07) is 0. The van der Waals surface area contributed by atoms with Crippen molar-refractivity contribution in [2.75, 3.05) is 0 Å². The molecule has 0 aromatic heterocycles. The summed E-state index contributed by atoms with van der Waals surface area (Å²) in [5, 5.41) is 0. The summed E-state index contributed by atoms with van der Waals surface area (Å²) in [7, 11) is 8.60. The van der Waals surface area contributed by atoms with Gasteiger partial charge in [-0.1, -0.05) is 13.2 Å². The molecule has 4 radical (unpaired) electrons. The van der Waals surface area contributed by atoms with Gasteiger partial charge in [-0.15, -0.1) is 12.0 Å².